The smallest absolute Gasteiger partial charge is 0.233 e. The van der Waals surface area contributed by atoms with Gasteiger partial charge >= 0.3 is 0 Å². The maximum absolute atomic E-state index is 10.6. The number of pyridine rings is 2. The molecule has 0 spiro atoms. The van der Waals surface area contributed by atoms with Crippen LogP contribution >= 0.6 is 0 Å². The third-order valence-corrected chi connectivity index (χ3v) is 11.6. The van der Waals surface area contributed by atoms with E-state index in [0.717, 1.165) is 71.5 Å². The van der Waals surface area contributed by atoms with Gasteiger partial charge in [-0.2, -0.15) is 0 Å². The summed E-state index contributed by atoms with van der Waals surface area (Å²) in [6.45, 7) is 23.9. The molecule has 2 aromatic carbocycles. The number of hydrogen-bond acceptors (Lipinski definition) is 12. The lowest BCUT2D eigenvalue weighted by molar-refractivity contribution is 0.0518. The van der Waals surface area contributed by atoms with Crippen molar-refractivity contribution in [3.05, 3.63) is 84.4 Å². The maximum Gasteiger partial charge on any atom is 0.233 e. The lowest BCUT2D eigenvalue weighted by atomic mass is 9.81. The van der Waals surface area contributed by atoms with Crippen LogP contribution in [-0.4, -0.2) is 74.9 Å². The van der Waals surface area contributed by atoms with Crippen LogP contribution in [0.4, 0.5) is 0 Å². The van der Waals surface area contributed by atoms with Crippen molar-refractivity contribution in [2.24, 2.45) is 0 Å². The lowest BCUT2D eigenvalue weighted by Crippen LogP contribution is -2.60. The van der Waals surface area contributed by atoms with Crippen LogP contribution in [0, 0.1) is 0 Å². The van der Waals surface area contributed by atoms with Gasteiger partial charge in [-0.05, 0) is 127 Å². The number of nitrogens with zero attached hydrogens (tertiary/aromatic N) is 6. The van der Waals surface area contributed by atoms with E-state index >= 15 is 0 Å². The van der Waals surface area contributed by atoms with Crippen molar-refractivity contribution >= 4 is 21.5 Å². The molecular weight excluding hydrogens is 777 g/mol. The Kier molecular flexibility index (Phi) is 12.5. The molecule has 6 aromatic rings. The number of benzene rings is 2. The summed E-state index contributed by atoms with van der Waals surface area (Å²) in [5.41, 5.74) is 4.53. The number of piperidine rings is 2. The fourth-order valence-corrected chi connectivity index (χ4v) is 9.56. The van der Waals surface area contributed by atoms with Crippen LogP contribution in [0.5, 0.6) is 23.3 Å². The molecular formula is C50H64N8O4. The van der Waals surface area contributed by atoms with Crippen LogP contribution in [0.15, 0.2) is 73.1 Å². The molecule has 2 fully saturated rings. The summed E-state index contributed by atoms with van der Waals surface area (Å²) in [5, 5.41) is 49.6. The summed E-state index contributed by atoms with van der Waals surface area (Å²) in [7, 11) is 0. The molecule has 328 valence electrons. The highest BCUT2D eigenvalue weighted by Gasteiger charge is 2.40. The SMILES string of the molecule is CC(C)c1cc2cc(O)c(-c3ccc(OC4CC(C)(C)NC(C)(C)C4)nn3)cc2cn1.CCCc1cc2cc(O)c(-c3ccc(OC4CC(C)(C)NC(C)(C)C4)nn3)cc2cn1. The van der Waals surface area contributed by atoms with E-state index in [4.69, 9.17) is 9.47 Å². The van der Waals surface area contributed by atoms with Gasteiger partial charge in [-0.1, -0.05) is 27.2 Å². The van der Waals surface area contributed by atoms with Crippen molar-refractivity contribution in [2.45, 2.75) is 155 Å². The van der Waals surface area contributed by atoms with E-state index in [9.17, 15) is 10.2 Å². The highest BCUT2D eigenvalue weighted by molar-refractivity contribution is 5.90. The molecule has 0 saturated carbocycles. The fraction of sp³-hybridized carbons (Fsp3) is 0.480. The zero-order valence-corrected chi connectivity index (χ0v) is 38.3. The van der Waals surface area contributed by atoms with Gasteiger partial charge in [-0.15, -0.1) is 20.4 Å². The third kappa shape index (κ3) is 10.9. The van der Waals surface area contributed by atoms with Crippen LogP contribution in [0.3, 0.4) is 0 Å². The van der Waals surface area contributed by atoms with Crippen LogP contribution in [0.25, 0.3) is 44.1 Å². The highest BCUT2D eigenvalue weighted by atomic mass is 16.5. The number of hydrogen-bond donors (Lipinski definition) is 4. The molecule has 2 aliphatic rings. The Bertz CT molecular complexity index is 2490. The first kappa shape index (κ1) is 44.6. The van der Waals surface area contributed by atoms with E-state index < -0.39 is 0 Å². The first-order valence-electron chi connectivity index (χ1n) is 22.0. The molecule has 12 heteroatoms. The van der Waals surface area contributed by atoms with Crippen molar-refractivity contribution in [3.63, 3.8) is 0 Å². The van der Waals surface area contributed by atoms with E-state index in [1.54, 1.807) is 12.1 Å². The minimum atomic E-state index is 0.000140. The molecule has 2 saturated heterocycles. The van der Waals surface area contributed by atoms with Crippen molar-refractivity contribution < 1.29 is 19.7 Å². The number of ether oxygens (including phenoxy) is 2. The highest BCUT2D eigenvalue weighted by Crippen LogP contribution is 2.36. The molecule has 0 aliphatic carbocycles. The van der Waals surface area contributed by atoms with E-state index in [-0.39, 0.29) is 45.9 Å². The van der Waals surface area contributed by atoms with E-state index in [1.807, 2.05) is 60.9 Å². The maximum atomic E-state index is 10.6. The summed E-state index contributed by atoms with van der Waals surface area (Å²) in [5.74, 6) is 1.71. The van der Waals surface area contributed by atoms with Gasteiger partial charge in [0.1, 0.15) is 23.7 Å². The standard InChI is InChI=1S/2C25H32N4O2/c1-15(2)21-10-16-11-22(30)19(9-17(16)14-26-21)20-7-8-23(28-27-20)31-18-12-24(3,4)29-25(5,6)13-18;1-6-7-18-10-16-12-22(30)20(11-17(16)15-26-18)21-8-9-23(28-27-21)31-19-13-24(2,3)29-25(4,5)14-19/h7-11,14-15,18,29-30H,12-13H2,1-6H3;8-12,15,19,29-30H,6-7,13-14H2,1-5H3. The monoisotopic (exact) mass is 841 g/mol. The molecule has 62 heavy (non-hydrogen) atoms. The zero-order chi connectivity index (χ0) is 44.6. The summed E-state index contributed by atoms with van der Waals surface area (Å²) < 4.78 is 12.3. The summed E-state index contributed by atoms with van der Waals surface area (Å²) in [4.78, 5) is 9.05. The average Bonchev–Trinajstić information content (AvgIpc) is 3.16. The molecule has 12 nitrogen and oxygen atoms in total. The molecule has 8 rings (SSSR count). The second-order valence-corrected chi connectivity index (χ2v) is 20.2. The molecule has 2 aliphatic heterocycles. The quantitative estimate of drug-likeness (QED) is 0.109. The minimum absolute atomic E-state index is 0.000140. The summed E-state index contributed by atoms with van der Waals surface area (Å²) in [6.07, 6.45) is 9.42. The largest absolute Gasteiger partial charge is 0.507 e. The van der Waals surface area contributed by atoms with E-state index in [0.29, 0.717) is 40.2 Å². The summed E-state index contributed by atoms with van der Waals surface area (Å²) in [6, 6.07) is 18.8. The van der Waals surface area contributed by atoms with Gasteiger partial charge in [0.2, 0.25) is 11.8 Å². The number of aryl methyl sites for hydroxylation is 1. The van der Waals surface area contributed by atoms with Crippen molar-refractivity contribution in [1.29, 1.82) is 0 Å². The number of nitrogens with one attached hydrogen (secondary N) is 2. The molecule has 0 bridgehead atoms. The van der Waals surface area contributed by atoms with E-state index in [1.165, 1.54) is 0 Å². The van der Waals surface area contributed by atoms with Gasteiger partial charge in [0.15, 0.2) is 0 Å². The Hall–Kier alpha value is -5.46. The topological polar surface area (TPSA) is 160 Å². The molecule has 0 amide bonds. The van der Waals surface area contributed by atoms with Gasteiger partial charge in [0.25, 0.3) is 0 Å². The summed E-state index contributed by atoms with van der Waals surface area (Å²) >= 11 is 0. The Labute approximate surface area is 366 Å². The molecule has 0 atom stereocenters. The molecule has 6 heterocycles. The second-order valence-electron chi connectivity index (χ2n) is 20.2. The Balaban J connectivity index is 0.000000186. The van der Waals surface area contributed by atoms with Gasteiger partial charge in [0, 0.05) is 106 Å². The fourth-order valence-electron chi connectivity index (χ4n) is 9.56. The van der Waals surface area contributed by atoms with Crippen LogP contribution in [0.1, 0.15) is 126 Å². The first-order chi connectivity index (χ1) is 29.2. The normalized spacial score (nSPS) is 18.3. The molecule has 4 aromatic heterocycles. The lowest BCUT2D eigenvalue weighted by Gasteiger charge is -2.46. The van der Waals surface area contributed by atoms with Gasteiger partial charge < -0.3 is 30.3 Å². The van der Waals surface area contributed by atoms with Crippen molar-refractivity contribution in [1.82, 2.24) is 41.0 Å². The number of phenols is 2. The van der Waals surface area contributed by atoms with Crippen molar-refractivity contribution in [3.8, 4) is 45.8 Å². The number of aromatic hydroxyl groups is 2. The molecule has 0 unspecified atom stereocenters. The predicted octanol–water partition coefficient (Wildman–Crippen LogP) is 10.2. The van der Waals surface area contributed by atoms with Gasteiger partial charge in [-0.3, -0.25) is 9.97 Å². The first-order valence-corrected chi connectivity index (χ1v) is 22.0. The predicted molar refractivity (Wildman–Crippen MR) is 247 cm³/mol. The molecule has 4 N–H and O–H groups in total. The van der Waals surface area contributed by atoms with Crippen molar-refractivity contribution in [2.75, 3.05) is 0 Å². The number of phenolic OH excluding ortho intramolecular Hbond substituents is 2. The third-order valence-electron chi connectivity index (χ3n) is 11.6. The van der Waals surface area contributed by atoms with Crippen LogP contribution in [0.2, 0.25) is 0 Å². The van der Waals surface area contributed by atoms with Gasteiger partial charge in [-0.25, -0.2) is 0 Å². The Morgan fingerprint density at radius 2 is 1.02 bits per heavy atom. The Morgan fingerprint density at radius 3 is 1.42 bits per heavy atom. The number of rotatable bonds is 9. The van der Waals surface area contributed by atoms with Crippen LogP contribution in [-0.2, 0) is 6.42 Å². The number of aromatic nitrogens is 6. The number of fused-ring (bicyclic) bond motifs is 2. The zero-order valence-electron chi connectivity index (χ0n) is 38.3. The Morgan fingerprint density at radius 1 is 0.581 bits per heavy atom. The minimum Gasteiger partial charge on any atom is -0.507 e. The van der Waals surface area contributed by atoms with Crippen LogP contribution < -0.4 is 20.1 Å². The molecule has 0 radical (unpaired) electrons. The average molecular weight is 841 g/mol. The van der Waals surface area contributed by atoms with E-state index in [2.05, 4.69) is 117 Å². The van der Waals surface area contributed by atoms with Gasteiger partial charge in [0.05, 0.1) is 11.4 Å². The second kappa shape index (κ2) is 17.4.